The Labute approximate surface area is 149 Å². The van der Waals surface area contributed by atoms with Crippen LogP contribution >= 0.6 is 15.9 Å². The highest BCUT2D eigenvalue weighted by atomic mass is 79.9. The Hall–Kier alpha value is -2.05. The lowest BCUT2D eigenvalue weighted by atomic mass is 10.2. The third kappa shape index (κ3) is 4.49. The number of nitrogens with one attached hydrogen (secondary N) is 1. The van der Waals surface area contributed by atoms with Gasteiger partial charge in [0, 0.05) is 22.8 Å². The van der Waals surface area contributed by atoms with E-state index in [1.807, 2.05) is 48.3 Å². The molecule has 2 aromatic rings. The fourth-order valence-corrected chi connectivity index (χ4v) is 2.79. The first-order valence-electron chi connectivity index (χ1n) is 7.72. The molecule has 1 aliphatic rings. The van der Waals surface area contributed by atoms with Crippen molar-refractivity contribution in [1.29, 1.82) is 0 Å². The van der Waals surface area contributed by atoms with E-state index in [9.17, 15) is 4.79 Å². The number of carbonyl (C=O) groups excluding carboxylic acids is 1. The van der Waals surface area contributed by atoms with Gasteiger partial charge in [-0.05, 0) is 36.9 Å². The summed E-state index contributed by atoms with van der Waals surface area (Å²) in [5.41, 5.74) is 1.87. The Bertz CT molecular complexity index is 719. The molecule has 24 heavy (non-hydrogen) atoms. The van der Waals surface area contributed by atoms with Crippen LogP contribution in [0.3, 0.4) is 0 Å². The van der Waals surface area contributed by atoms with Gasteiger partial charge in [-0.15, -0.1) is 0 Å². The third-order valence-corrected chi connectivity index (χ3v) is 4.13. The molecule has 1 amide bonds. The number of hydrogen-bond acceptors (Lipinski definition) is 4. The Balaban J connectivity index is 1.54. The predicted octanol–water partition coefficient (Wildman–Crippen LogP) is 3.29. The van der Waals surface area contributed by atoms with Crippen molar-refractivity contribution in [2.24, 2.45) is 0 Å². The van der Waals surface area contributed by atoms with E-state index in [-0.39, 0.29) is 5.91 Å². The minimum atomic E-state index is -0.0636. The van der Waals surface area contributed by atoms with Crippen LogP contribution in [0.15, 0.2) is 46.9 Å². The summed E-state index contributed by atoms with van der Waals surface area (Å²) < 4.78 is 12.0. The summed E-state index contributed by atoms with van der Waals surface area (Å²) >= 11 is 3.42. The van der Waals surface area contributed by atoms with Gasteiger partial charge in [-0.1, -0.05) is 28.1 Å². The first-order chi connectivity index (χ1) is 11.6. The van der Waals surface area contributed by atoms with Crippen LogP contribution in [-0.2, 0) is 11.3 Å². The molecule has 0 bridgehead atoms. The summed E-state index contributed by atoms with van der Waals surface area (Å²) in [7, 11) is 1.92. The van der Waals surface area contributed by atoms with Gasteiger partial charge >= 0.3 is 0 Å². The molecule has 126 valence electrons. The van der Waals surface area contributed by atoms with E-state index in [1.54, 1.807) is 6.07 Å². The van der Waals surface area contributed by atoms with Crippen molar-refractivity contribution >= 4 is 27.5 Å². The SMILES string of the molecule is CN(CC(=O)Nc1ccc2c(c1)OCCO2)Cc1ccc(Br)cc1. The van der Waals surface area contributed by atoms with Crippen LogP contribution in [0.2, 0.25) is 0 Å². The van der Waals surface area contributed by atoms with Crippen molar-refractivity contribution in [3.8, 4) is 11.5 Å². The fourth-order valence-electron chi connectivity index (χ4n) is 2.52. The van der Waals surface area contributed by atoms with Crippen LogP contribution in [0.5, 0.6) is 11.5 Å². The standard InChI is InChI=1S/C18H19BrN2O3/c1-21(11-13-2-4-14(19)5-3-13)12-18(22)20-15-6-7-16-17(10-15)24-9-8-23-16/h2-7,10H,8-9,11-12H2,1H3,(H,20,22). The molecule has 0 unspecified atom stereocenters. The summed E-state index contributed by atoms with van der Waals surface area (Å²) in [6, 6.07) is 13.5. The number of fused-ring (bicyclic) bond motifs is 1. The third-order valence-electron chi connectivity index (χ3n) is 3.61. The Morgan fingerprint density at radius 2 is 1.83 bits per heavy atom. The average Bonchev–Trinajstić information content (AvgIpc) is 2.56. The number of likely N-dealkylation sites (N-methyl/N-ethyl adjacent to an activating group) is 1. The van der Waals surface area contributed by atoms with Crippen molar-refractivity contribution in [3.05, 3.63) is 52.5 Å². The topological polar surface area (TPSA) is 50.8 Å². The molecule has 0 aromatic heterocycles. The number of carbonyl (C=O) groups is 1. The monoisotopic (exact) mass is 390 g/mol. The Kier molecular flexibility index (Phi) is 5.37. The number of ether oxygens (including phenoxy) is 2. The molecule has 1 aliphatic heterocycles. The highest BCUT2D eigenvalue weighted by Crippen LogP contribution is 2.32. The summed E-state index contributed by atoms with van der Waals surface area (Å²) in [4.78, 5) is 14.2. The first kappa shape index (κ1) is 16.8. The molecule has 1 heterocycles. The summed E-state index contributed by atoms with van der Waals surface area (Å²) in [5.74, 6) is 1.32. The average molecular weight is 391 g/mol. The molecule has 0 saturated heterocycles. The quantitative estimate of drug-likeness (QED) is 0.850. The van der Waals surface area contributed by atoms with Gasteiger partial charge in [0.1, 0.15) is 13.2 Å². The zero-order valence-electron chi connectivity index (χ0n) is 13.4. The lowest BCUT2D eigenvalue weighted by Crippen LogP contribution is -2.29. The Morgan fingerprint density at radius 1 is 1.12 bits per heavy atom. The van der Waals surface area contributed by atoms with Crippen molar-refractivity contribution < 1.29 is 14.3 Å². The van der Waals surface area contributed by atoms with Crippen LogP contribution in [0.25, 0.3) is 0 Å². The zero-order chi connectivity index (χ0) is 16.9. The van der Waals surface area contributed by atoms with E-state index in [4.69, 9.17) is 9.47 Å². The molecule has 3 rings (SSSR count). The fraction of sp³-hybridized carbons (Fsp3) is 0.278. The number of halogens is 1. The second-order valence-electron chi connectivity index (χ2n) is 5.71. The maximum absolute atomic E-state index is 12.2. The van der Waals surface area contributed by atoms with Gasteiger partial charge in [-0.3, -0.25) is 9.69 Å². The number of nitrogens with zero attached hydrogens (tertiary/aromatic N) is 1. The number of hydrogen-bond donors (Lipinski definition) is 1. The zero-order valence-corrected chi connectivity index (χ0v) is 15.0. The van der Waals surface area contributed by atoms with Gasteiger partial charge in [0.25, 0.3) is 0 Å². The molecule has 0 aliphatic carbocycles. The van der Waals surface area contributed by atoms with Crippen LogP contribution in [-0.4, -0.2) is 37.6 Å². The Morgan fingerprint density at radius 3 is 2.58 bits per heavy atom. The summed E-state index contributed by atoms with van der Waals surface area (Å²) in [6.45, 7) is 2.10. The predicted molar refractivity (Wildman–Crippen MR) is 96.5 cm³/mol. The van der Waals surface area contributed by atoms with Crippen molar-refractivity contribution in [3.63, 3.8) is 0 Å². The van der Waals surface area contributed by atoms with E-state index >= 15 is 0 Å². The number of amides is 1. The molecule has 0 spiro atoms. The maximum atomic E-state index is 12.2. The van der Waals surface area contributed by atoms with Gasteiger partial charge in [-0.25, -0.2) is 0 Å². The number of rotatable bonds is 5. The van der Waals surface area contributed by atoms with E-state index in [1.165, 1.54) is 0 Å². The molecule has 6 heteroatoms. The van der Waals surface area contributed by atoms with Crippen LogP contribution in [0.4, 0.5) is 5.69 Å². The van der Waals surface area contributed by atoms with Crippen LogP contribution in [0, 0.1) is 0 Å². The van der Waals surface area contributed by atoms with Crippen molar-refractivity contribution in [2.45, 2.75) is 6.54 Å². The summed E-state index contributed by atoms with van der Waals surface area (Å²) in [6.07, 6.45) is 0. The highest BCUT2D eigenvalue weighted by Gasteiger charge is 2.13. The molecule has 0 atom stereocenters. The van der Waals surface area contributed by atoms with Gasteiger partial charge in [0.05, 0.1) is 6.54 Å². The van der Waals surface area contributed by atoms with E-state index in [0.29, 0.717) is 43.5 Å². The smallest absolute Gasteiger partial charge is 0.238 e. The minimum absolute atomic E-state index is 0.0636. The molecule has 0 saturated carbocycles. The second-order valence-corrected chi connectivity index (χ2v) is 6.62. The van der Waals surface area contributed by atoms with Crippen molar-refractivity contribution in [2.75, 3.05) is 32.1 Å². The molecule has 0 fully saturated rings. The molecular weight excluding hydrogens is 372 g/mol. The normalized spacial score (nSPS) is 13.0. The van der Waals surface area contributed by atoms with Gasteiger partial charge < -0.3 is 14.8 Å². The second kappa shape index (κ2) is 7.68. The molecule has 2 aromatic carbocycles. The number of anilines is 1. The van der Waals surface area contributed by atoms with Gasteiger partial charge in [0.2, 0.25) is 5.91 Å². The molecule has 5 nitrogen and oxygen atoms in total. The maximum Gasteiger partial charge on any atom is 0.238 e. The van der Waals surface area contributed by atoms with Crippen molar-refractivity contribution in [1.82, 2.24) is 4.90 Å². The van der Waals surface area contributed by atoms with Gasteiger partial charge in [-0.2, -0.15) is 0 Å². The highest BCUT2D eigenvalue weighted by molar-refractivity contribution is 9.10. The van der Waals surface area contributed by atoms with Crippen LogP contribution in [0.1, 0.15) is 5.56 Å². The van der Waals surface area contributed by atoms with E-state index in [2.05, 4.69) is 21.2 Å². The van der Waals surface area contributed by atoms with E-state index in [0.717, 1.165) is 10.0 Å². The van der Waals surface area contributed by atoms with Gasteiger partial charge in [0.15, 0.2) is 11.5 Å². The van der Waals surface area contributed by atoms with E-state index < -0.39 is 0 Å². The summed E-state index contributed by atoms with van der Waals surface area (Å²) in [5, 5.41) is 2.89. The first-order valence-corrected chi connectivity index (χ1v) is 8.52. The molecule has 0 radical (unpaired) electrons. The molecule has 1 N–H and O–H groups in total. The largest absolute Gasteiger partial charge is 0.486 e. The minimum Gasteiger partial charge on any atom is -0.486 e. The lowest BCUT2D eigenvalue weighted by molar-refractivity contribution is -0.117. The van der Waals surface area contributed by atoms with Crippen LogP contribution < -0.4 is 14.8 Å². The number of benzene rings is 2. The molecular formula is C18H19BrN2O3. The lowest BCUT2D eigenvalue weighted by Gasteiger charge is -2.20.